The minimum Gasteiger partial charge on any atom is -0.388 e. The van der Waals surface area contributed by atoms with Gasteiger partial charge >= 0.3 is 0 Å². The summed E-state index contributed by atoms with van der Waals surface area (Å²) in [4.78, 5) is 21.0. The van der Waals surface area contributed by atoms with E-state index in [0.717, 1.165) is 11.3 Å². The van der Waals surface area contributed by atoms with Gasteiger partial charge in [-0.3, -0.25) is 9.59 Å². The Morgan fingerprint density at radius 1 is 1.38 bits per heavy atom. The first-order chi connectivity index (χ1) is 7.65. The van der Waals surface area contributed by atoms with Gasteiger partial charge in [0.1, 0.15) is 0 Å². The highest BCUT2D eigenvalue weighted by atomic mass is 16.2. The van der Waals surface area contributed by atoms with Crippen molar-refractivity contribution in [2.24, 2.45) is 0 Å². The van der Waals surface area contributed by atoms with Crippen molar-refractivity contribution in [1.82, 2.24) is 5.32 Å². The van der Waals surface area contributed by atoms with Crippen molar-refractivity contribution in [3.8, 4) is 0 Å². The maximum absolute atomic E-state index is 10.8. The van der Waals surface area contributed by atoms with E-state index in [-0.39, 0.29) is 6.04 Å². The molecule has 1 amide bonds. The lowest BCUT2D eigenvalue weighted by Crippen LogP contribution is -2.34. The Balaban J connectivity index is 2.52. The van der Waals surface area contributed by atoms with Gasteiger partial charge in [0, 0.05) is 18.8 Å². The van der Waals surface area contributed by atoms with E-state index in [1.807, 2.05) is 38.2 Å². The summed E-state index contributed by atoms with van der Waals surface area (Å²) in [5.41, 5.74) is 2.17. The molecule has 86 valence electrons. The number of rotatable bonds is 5. The van der Waals surface area contributed by atoms with E-state index in [4.69, 9.17) is 0 Å². The van der Waals surface area contributed by atoms with E-state index in [1.165, 1.54) is 0 Å². The molecule has 1 aromatic carbocycles. The second-order valence-electron chi connectivity index (χ2n) is 3.68. The molecule has 0 aliphatic rings. The number of hydrogen-bond acceptors (Lipinski definition) is 3. The van der Waals surface area contributed by atoms with Gasteiger partial charge in [0.25, 0.3) is 5.91 Å². The van der Waals surface area contributed by atoms with Crippen LogP contribution in [0.4, 0.5) is 5.69 Å². The third-order valence-corrected chi connectivity index (χ3v) is 2.28. The molecule has 0 aliphatic carbocycles. The van der Waals surface area contributed by atoms with Gasteiger partial charge in [0.15, 0.2) is 0 Å². The molecule has 1 aromatic rings. The summed E-state index contributed by atoms with van der Waals surface area (Å²) in [5.74, 6) is -0.570. The number of anilines is 1. The molecule has 1 unspecified atom stereocenters. The first-order valence-corrected chi connectivity index (χ1v) is 5.18. The summed E-state index contributed by atoms with van der Waals surface area (Å²) in [6.45, 7) is 1.87. The maximum Gasteiger partial charge on any atom is 0.284 e. The quantitative estimate of drug-likeness (QED) is 0.574. The highest BCUT2D eigenvalue weighted by molar-refractivity contribution is 6.23. The number of aldehydes is 1. The molecule has 0 saturated carbocycles. The van der Waals surface area contributed by atoms with Crippen LogP contribution in [-0.4, -0.2) is 25.3 Å². The fourth-order valence-electron chi connectivity index (χ4n) is 1.49. The molecule has 0 saturated heterocycles. The fraction of sp³-hybridized carbons (Fsp3) is 0.333. The molecule has 0 heterocycles. The molecule has 0 aliphatic heterocycles. The Bertz CT molecular complexity index is 360. The average Bonchev–Trinajstić information content (AvgIpc) is 2.29. The summed E-state index contributed by atoms with van der Waals surface area (Å²) in [6, 6.07) is 7.90. The molecule has 0 radical (unpaired) electrons. The van der Waals surface area contributed by atoms with E-state index in [2.05, 4.69) is 10.6 Å². The largest absolute Gasteiger partial charge is 0.388 e. The van der Waals surface area contributed by atoms with Crippen LogP contribution in [0.15, 0.2) is 24.3 Å². The Morgan fingerprint density at radius 3 is 2.50 bits per heavy atom. The lowest BCUT2D eigenvalue weighted by atomic mass is 10.1. The minimum atomic E-state index is -0.570. The standard InChI is InChI=1S/C12H16N2O2/c1-9(14-12(16)8-15)7-10-3-5-11(13-2)6-4-10/h3-6,8-9,13H,7H2,1-2H3,(H,14,16). The Kier molecular flexibility index (Phi) is 4.51. The van der Waals surface area contributed by atoms with Crippen molar-refractivity contribution in [1.29, 1.82) is 0 Å². The van der Waals surface area contributed by atoms with Gasteiger partial charge in [0.2, 0.25) is 6.29 Å². The van der Waals surface area contributed by atoms with E-state index < -0.39 is 5.91 Å². The molecule has 4 nitrogen and oxygen atoms in total. The van der Waals surface area contributed by atoms with E-state index in [9.17, 15) is 9.59 Å². The van der Waals surface area contributed by atoms with Crippen LogP contribution >= 0.6 is 0 Å². The Morgan fingerprint density at radius 2 is 2.00 bits per heavy atom. The highest BCUT2D eigenvalue weighted by Gasteiger charge is 2.06. The SMILES string of the molecule is CNc1ccc(CC(C)NC(=O)C=O)cc1. The van der Waals surface area contributed by atoms with Crippen LogP contribution in [0.25, 0.3) is 0 Å². The second kappa shape index (κ2) is 5.90. The van der Waals surface area contributed by atoms with Crippen molar-refractivity contribution in [3.05, 3.63) is 29.8 Å². The van der Waals surface area contributed by atoms with Gasteiger partial charge in [-0.25, -0.2) is 0 Å². The van der Waals surface area contributed by atoms with E-state index >= 15 is 0 Å². The first-order valence-electron chi connectivity index (χ1n) is 5.18. The summed E-state index contributed by atoms with van der Waals surface area (Å²) in [6.07, 6.45) is 1.00. The Hall–Kier alpha value is -1.84. The first kappa shape index (κ1) is 12.2. The molecule has 0 fully saturated rings. The lowest BCUT2D eigenvalue weighted by molar-refractivity contribution is -0.131. The van der Waals surface area contributed by atoms with Gasteiger partial charge in [-0.15, -0.1) is 0 Å². The Labute approximate surface area is 95.0 Å². The number of nitrogens with one attached hydrogen (secondary N) is 2. The molecule has 16 heavy (non-hydrogen) atoms. The van der Waals surface area contributed by atoms with Gasteiger partial charge in [-0.05, 0) is 31.0 Å². The van der Waals surface area contributed by atoms with Crippen LogP contribution in [0.2, 0.25) is 0 Å². The zero-order valence-electron chi connectivity index (χ0n) is 9.49. The monoisotopic (exact) mass is 220 g/mol. The minimum absolute atomic E-state index is 0.0434. The fourth-order valence-corrected chi connectivity index (χ4v) is 1.49. The van der Waals surface area contributed by atoms with E-state index in [0.29, 0.717) is 12.7 Å². The predicted octanol–water partition coefficient (Wildman–Crippen LogP) is 0.974. The highest BCUT2D eigenvalue weighted by Crippen LogP contribution is 2.10. The van der Waals surface area contributed by atoms with Crippen LogP contribution in [0.1, 0.15) is 12.5 Å². The molecule has 1 atom stereocenters. The zero-order valence-corrected chi connectivity index (χ0v) is 9.49. The molecule has 0 bridgehead atoms. The molecule has 1 rings (SSSR count). The average molecular weight is 220 g/mol. The number of hydrogen-bond donors (Lipinski definition) is 2. The van der Waals surface area contributed by atoms with Crippen molar-refractivity contribution < 1.29 is 9.59 Å². The number of carbonyl (C=O) groups is 2. The molecule has 4 heteroatoms. The number of amides is 1. The van der Waals surface area contributed by atoms with Crippen molar-refractivity contribution in [2.45, 2.75) is 19.4 Å². The van der Waals surface area contributed by atoms with Gasteiger partial charge < -0.3 is 10.6 Å². The normalized spacial score (nSPS) is 11.6. The van der Waals surface area contributed by atoms with Gasteiger partial charge in [-0.2, -0.15) is 0 Å². The van der Waals surface area contributed by atoms with Gasteiger partial charge in [0.05, 0.1) is 0 Å². The predicted molar refractivity (Wildman–Crippen MR) is 63.4 cm³/mol. The van der Waals surface area contributed by atoms with Crippen molar-refractivity contribution in [3.63, 3.8) is 0 Å². The van der Waals surface area contributed by atoms with Gasteiger partial charge in [-0.1, -0.05) is 12.1 Å². The molecule has 0 spiro atoms. The number of benzene rings is 1. The lowest BCUT2D eigenvalue weighted by Gasteiger charge is -2.12. The van der Waals surface area contributed by atoms with E-state index in [1.54, 1.807) is 0 Å². The van der Waals surface area contributed by atoms with Crippen LogP contribution in [-0.2, 0) is 16.0 Å². The number of carbonyl (C=O) groups excluding carboxylic acids is 2. The van der Waals surface area contributed by atoms with Crippen LogP contribution < -0.4 is 10.6 Å². The van der Waals surface area contributed by atoms with Crippen molar-refractivity contribution >= 4 is 17.9 Å². The topological polar surface area (TPSA) is 58.2 Å². The summed E-state index contributed by atoms with van der Waals surface area (Å²) >= 11 is 0. The summed E-state index contributed by atoms with van der Waals surface area (Å²) in [7, 11) is 1.86. The second-order valence-corrected chi connectivity index (χ2v) is 3.68. The third kappa shape index (κ3) is 3.73. The molecular weight excluding hydrogens is 204 g/mol. The molecule has 0 aromatic heterocycles. The third-order valence-electron chi connectivity index (χ3n) is 2.28. The zero-order chi connectivity index (χ0) is 12.0. The van der Waals surface area contributed by atoms with Crippen LogP contribution in [0.3, 0.4) is 0 Å². The summed E-state index contributed by atoms with van der Waals surface area (Å²) in [5, 5.41) is 5.62. The molecular formula is C12H16N2O2. The van der Waals surface area contributed by atoms with Crippen LogP contribution in [0, 0.1) is 0 Å². The van der Waals surface area contributed by atoms with Crippen molar-refractivity contribution in [2.75, 3.05) is 12.4 Å². The smallest absolute Gasteiger partial charge is 0.284 e. The maximum atomic E-state index is 10.8. The van der Waals surface area contributed by atoms with Crippen LogP contribution in [0.5, 0.6) is 0 Å². The molecule has 2 N–H and O–H groups in total. The summed E-state index contributed by atoms with van der Waals surface area (Å²) < 4.78 is 0.